The van der Waals surface area contributed by atoms with Crippen LogP contribution in [-0.2, 0) is 38.2 Å². The van der Waals surface area contributed by atoms with Gasteiger partial charge in [0.15, 0.2) is 0 Å². The molecule has 2 amide bonds. The molecule has 0 heterocycles. The Morgan fingerprint density at radius 1 is 0.778 bits per heavy atom. The third kappa shape index (κ3) is 8.66. The number of hydrogen-bond donors (Lipinski definition) is 3. The Hall–Kier alpha value is -3.98. The molecule has 0 aliphatic heterocycles. The molecule has 0 spiro atoms. The first-order valence-corrected chi connectivity index (χ1v) is 12.7. The Bertz CT molecular complexity index is 1160. The van der Waals surface area contributed by atoms with E-state index in [1.807, 2.05) is 24.3 Å². The fourth-order valence-electron chi connectivity index (χ4n) is 3.41. The van der Waals surface area contributed by atoms with Gasteiger partial charge in [0.25, 0.3) is 0 Å². The summed E-state index contributed by atoms with van der Waals surface area (Å²) in [5.41, 5.74) is 1.56. The molecule has 0 aromatic heterocycles. The van der Waals surface area contributed by atoms with E-state index in [0.29, 0.717) is 4.90 Å². The normalized spacial score (nSPS) is 13.1. The van der Waals surface area contributed by atoms with Gasteiger partial charge in [0, 0.05) is 17.1 Å². The molecule has 3 N–H and O–H groups in total. The van der Waals surface area contributed by atoms with E-state index in [1.165, 1.54) is 0 Å². The lowest BCUT2D eigenvalue weighted by Gasteiger charge is -2.21. The van der Waals surface area contributed by atoms with Gasteiger partial charge in [0.1, 0.15) is 18.7 Å². The summed E-state index contributed by atoms with van der Waals surface area (Å²) in [6.45, 7) is 0.0232. The number of alkyl carbamates (subject to hydrolysis) is 1. The van der Waals surface area contributed by atoms with Gasteiger partial charge >= 0.3 is 12.1 Å². The van der Waals surface area contributed by atoms with E-state index in [4.69, 9.17) is 4.74 Å². The second-order valence-electron chi connectivity index (χ2n) is 8.00. The van der Waals surface area contributed by atoms with Crippen LogP contribution < -0.4 is 10.6 Å². The predicted molar refractivity (Wildman–Crippen MR) is 136 cm³/mol. The molecule has 9 heteroatoms. The van der Waals surface area contributed by atoms with Crippen LogP contribution in [0.2, 0.25) is 0 Å². The summed E-state index contributed by atoms with van der Waals surface area (Å²) in [4.78, 5) is 37.9. The molecule has 3 rings (SSSR count). The number of hydrogen-bond acceptors (Lipinski definition) is 5. The second-order valence-corrected chi connectivity index (χ2v) is 9.57. The Balaban J connectivity index is 1.64. The Kier molecular flexibility index (Phi) is 10.2. The van der Waals surface area contributed by atoms with Gasteiger partial charge in [0.2, 0.25) is 5.91 Å². The summed E-state index contributed by atoms with van der Waals surface area (Å²) < 4.78 is 17.7. The van der Waals surface area contributed by atoms with Gasteiger partial charge in [-0.3, -0.25) is 9.00 Å². The van der Waals surface area contributed by atoms with Gasteiger partial charge in [-0.1, -0.05) is 78.9 Å². The van der Waals surface area contributed by atoms with E-state index in [-0.39, 0.29) is 25.2 Å². The SMILES string of the molecule is O=C(N[C@H](Cc1ccccc1)C(=O)N[C@H](CC[S@@](=O)c1ccccc1)C(=O)O)OCc1ccccc1. The summed E-state index contributed by atoms with van der Waals surface area (Å²) >= 11 is 0. The number of benzene rings is 3. The zero-order valence-corrected chi connectivity index (χ0v) is 20.4. The minimum atomic E-state index is -1.41. The van der Waals surface area contributed by atoms with E-state index in [1.54, 1.807) is 66.7 Å². The molecule has 0 unspecified atom stereocenters. The third-order valence-electron chi connectivity index (χ3n) is 5.32. The summed E-state index contributed by atoms with van der Waals surface area (Å²) in [5, 5.41) is 14.7. The maximum atomic E-state index is 13.1. The number of ether oxygens (including phenoxy) is 1. The van der Waals surface area contributed by atoms with Crippen LogP contribution in [0.5, 0.6) is 0 Å². The lowest BCUT2D eigenvalue weighted by molar-refractivity contribution is -0.142. The molecule has 3 aromatic rings. The van der Waals surface area contributed by atoms with Crippen LogP contribution in [0.1, 0.15) is 17.5 Å². The minimum absolute atomic E-state index is 0.0232. The number of amides is 2. The van der Waals surface area contributed by atoms with Crippen LogP contribution in [0.15, 0.2) is 95.9 Å². The molecule has 3 aromatic carbocycles. The number of carboxylic acids is 1. The van der Waals surface area contributed by atoms with Crippen molar-refractivity contribution in [2.75, 3.05) is 5.75 Å². The Morgan fingerprint density at radius 2 is 1.33 bits per heavy atom. The fraction of sp³-hybridized carbons (Fsp3) is 0.222. The van der Waals surface area contributed by atoms with Gasteiger partial charge < -0.3 is 20.5 Å². The molecular weight excluding hydrogens is 480 g/mol. The van der Waals surface area contributed by atoms with Crippen molar-refractivity contribution < 1.29 is 28.4 Å². The van der Waals surface area contributed by atoms with Gasteiger partial charge in [-0.25, -0.2) is 9.59 Å². The molecule has 0 fully saturated rings. The molecule has 0 aliphatic rings. The van der Waals surface area contributed by atoms with Crippen molar-refractivity contribution in [3.63, 3.8) is 0 Å². The molecule has 0 aliphatic carbocycles. The first-order chi connectivity index (χ1) is 17.4. The molecule has 8 nitrogen and oxygen atoms in total. The Labute approximate surface area is 212 Å². The van der Waals surface area contributed by atoms with Crippen LogP contribution in [-0.4, -0.2) is 45.1 Å². The number of nitrogens with one attached hydrogen (secondary N) is 2. The number of carbonyl (C=O) groups excluding carboxylic acids is 2. The van der Waals surface area contributed by atoms with Crippen LogP contribution in [0.3, 0.4) is 0 Å². The number of aliphatic carboxylic acids is 1. The van der Waals surface area contributed by atoms with Gasteiger partial charge in [-0.2, -0.15) is 0 Å². The second kappa shape index (κ2) is 13.8. The molecule has 0 saturated carbocycles. The zero-order chi connectivity index (χ0) is 25.8. The van der Waals surface area contributed by atoms with Crippen molar-refractivity contribution in [1.82, 2.24) is 10.6 Å². The average Bonchev–Trinajstić information content (AvgIpc) is 2.90. The van der Waals surface area contributed by atoms with E-state index < -0.39 is 40.9 Å². The fourth-order valence-corrected chi connectivity index (χ4v) is 4.56. The third-order valence-corrected chi connectivity index (χ3v) is 6.72. The quantitative estimate of drug-likeness (QED) is 0.345. The molecule has 0 saturated heterocycles. The zero-order valence-electron chi connectivity index (χ0n) is 19.5. The number of rotatable bonds is 12. The van der Waals surface area contributed by atoms with E-state index in [2.05, 4.69) is 10.6 Å². The summed E-state index contributed by atoms with van der Waals surface area (Å²) in [5.74, 6) is -1.87. The lowest BCUT2D eigenvalue weighted by Crippen LogP contribution is -2.52. The molecular formula is C27H28N2O6S. The summed E-state index contributed by atoms with van der Waals surface area (Å²) in [7, 11) is -1.41. The van der Waals surface area contributed by atoms with E-state index in [9.17, 15) is 23.7 Å². The highest BCUT2D eigenvalue weighted by molar-refractivity contribution is 7.85. The topological polar surface area (TPSA) is 122 Å². The highest BCUT2D eigenvalue weighted by Gasteiger charge is 2.27. The highest BCUT2D eigenvalue weighted by atomic mass is 32.2. The van der Waals surface area contributed by atoms with Crippen molar-refractivity contribution in [1.29, 1.82) is 0 Å². The first-order valence-electron chi connectivity index (χ1n) is 11.4. The predicted octanol–water partition coefficient (Wildman–Crippen LogP) is 3.29. The van der Waals surface area contributed by atoms with Crippen LogP contribution in [0, 0.1) is 0 Å². The maximum Gasteiger partial charge on any atom is 0.408 e. The monoisotopic (exact) mass is 508 g/mol. The molecule has 36 heavy (non-hydrogen) atoms. The molecule has 0 radical (unpaired) electrons. The number of carbonyl (C=O) groups is 3. The van der Waals surface area contributed by atoms with Crippen LogP contribution in [0.25, 0.3) is 0 Å². The van der Waals surface area contributed by atoms with Gasteiger partial charge in [0.05, 0.1) is 10.8 Å². The van der Waals surface area contributed by atoms with Crippen molar-refractivity contribution in [2.24, 2.45) is 0 Å². The lowest BCUT2D eigenvalue weighted by atomic mass is 10.0. The Morgan fingerprint density at radius 3 is 1.92 bits per heavy atom. The minimum Gasteiger partial charge on any atom is -0.480 e. The standard InChI is InChI=1S/C27H28N2O6S/c30-25(28-23(26(31)32)16-17-36(34)22-14-8-3-9-15-22)24(18-20-10-4-1-5-11-20)29-27(33)35-19-21-12-6-2-7-13-21/h1-15,23-24H,16-19H2,(H,28,30)(H,29,33)(H,31,32)/t23-,24-,36-/m1/s1. The highest BCUT2D eigenvalue weighted by Crippen LogP contribution is 2.10. The van der Waals surface area contributed by atoms with Crippen molar-refractivity contribution >= 4 is 28.8 Å². The van der Waals surface area contributed by atoms with E-state index in [0.717, 1.165) is 11.1 Å². The van der Waals surface area contributed by atoms with Crippen LogP contribution >= 0.6 is 0 Å². The summed E-state index contributed by atoms with van der Waals surface area (Å²) in [6, 6.07) is 24.5. The van der Waals surface area contributed by atoms with Crippen molar-refractivity contribution in [2.45, 2.75) is 36.4 Å². The van der Waals surface area contributed by atoms with Gasteiger partial charge in [-0.15, -0.1) is 0 Å². The molecule has 188 valence electrons. The first kappa shape index (κ1) is 26.6. The van der Waals surface area contributed by atoms with E-state index >= 15 is 0 Å². The largest absolute Gasteiger partial charge is 0.480 e. The average molecular weight is 509 g/mol. The van der Waals surface area contributed by atoms with Crippen molar-refractivity contribution in [3.05, 3.63) is 102 Å². The smallest absolute Gasteiger partial charge is 0.408 e. The van der Waals surface area contributed by atoms with Crippen LogP contribution in [0.4, 0.5) is 4.79 Å². The molecule has 0 bridgehead atoms. The van der Waals surface area contributed by atoms with Crippen molar-refractivity contribution in [3.8, 4) is 0 Å². The maximum absolute atomic E-state index is 13.1. The summed E-state index contributed by atoms with van der Waals surface area (Å²) in [6.07, 6.45) is -0.707. The number of carboxylic acid groups (broad SMARTS) is 1. The molecule has 3 atom stereocenters. The van der Waals surface area contributed by atoms with Gasteiger partial charge in [-0.05, 0) is 29.7 Å².